The van der Waals surface area contributed by atoms with Crippen LogP contribution in [0.1, 0.15) is 18.1 Å². The Morgan fingerprint density at radius 2 is 1.97 bits per heavy atom. The average molecular weight is 441 g/mol. The molecular formula is C22H22F3N7. The highest BCUT2D eigenvalue weighted by Crippen LogP contribution is 2.31. The Balaban J connectivity index is 1.30. The molecule has 4 aromatic heterocycles. The van der Waals surface area contributed by atoms with Gasteiger partial charge in [0.05, 0.1) is 17.5 Å². The monoisotopic (exact) mass is 441 g/mol. The van der Waals surface area contributed by atoms with Crippen LogP contribution in [-0.4, -0.2) is 55.7 Å². The number of alkyl halides is 3. The summed E-state index contributed by atoms with van der Waals surface area (Å²) < 4.78 is 38.5. The second kappa shape index (κ2) is 7.94. The number of hydrogen-bond acceptors (Lipinski definition) is 5. The van der Waals surface area contributed by atoms with Gasteiger partial charge in [0.15, 0.2) is 0 Å². The summed E-state index contributed by atoms with van der Waals surface area (Å²) in [6, 6.07) is 6.63. The largest absolute Gasteiger partial charge is 0.417 e. The van der Waals surface area contributed by atoms with Gasteiger partial charge in [-0.3, -0.25) is 10.00 Å². The van der Waals surface area contributed by atoms with Crippen molar-refractivity contribution < 1.29 is 13.2 Å². The second-order valence-corrected chi connectivity index (χ2v) is 8.05. The molecule has 1 aliphatic heterocycles. The summed E-state index contributed by atoms with van der Waals surface area (Å²) in [6.07, 6.45) is 2.02. The maximum absolute atomic E-state index is 12.8. The quantitative estimate of drug-likeness (QED) is 0.499. The first kappa shape index (κ1) is 20.5. The second-order valence-electron chi connectivity index (χ2n) is 8.05. The van der Waals surface area contributed by atoms with E-state index in [2.05, 4.69) is 41.9 Å². The van der Waals surface area contributed by atoms with E-state index in [1.54, 1.807) is 6.20 Å². The highest BCUT2D eigenvalue weighted by atomic mass is 19.4. The maximum Gasteiger partial charge on any atom is 0.417 e. The Bertz CT molecular complexity index is 1210. The van der Waals surface area contributed by atoms with E-state index in [0.717, 1.165) is 59.8 Å². The molecule has 5 heterocycles. The number of piperazine rings is 1. The van der Waals surface area contributed by atoms with Gasteiger partial charge in [-0.15, -0.1) is 0 Å². The van der Waals surface area contributed by atoms with Crippen molar-refractivity contribution in [2.24, 2.45) is 0 Å². The van der Waals surface area contributed by atoms with Crippen molar-refractivity contribution >= 4 is 16.9 Å². The number of nitrogens with zero attached hydrogens (tertiary/aromatic N) is 5. The van der Waals surface area contributed by atoms with Gasteiger partial charge in [0.25, 0.3) is 0 Å². The third kappa shape index (κ3) is 3.81. The molecule has 10 heteroatoms. The number of rotatable bonds is 4. The molecule has 166 valence electrons. The van der Waals surface area contributed by atoms with Crippen LogP contribution in [0.25, 0.3) is 22.3 Å². The molecule has 1 atom stereocenters. The number of H-pyrrole nitrogens is 2. The number of aromatic amines is 2. The topological polar surface area (TPSA) is 76.7 Å². The first-order valence-electron chi connectivity index (χ1n) is 10.4. The van der Waals surface area contributed by atoms with Crippen LogP contribution >= 0.6 is 0 Å². The van der Waals surface area contributed by atoms with Crippen LogP contribution in [0.3, 0.4) is 0 Å². The van der Waals surface area contributed by atoms with Gasteiger partial charge in [-0.1, -0.05) is 0 Å². The number of aromatic nitrogens is 5. The van der Waals surface area contributed by atoms with Crippen molar-refractivity contribution in [3.63, 3.8) is 0 Å². The first-order valence-corrected chi connectivity index (χ1v) is 10.4. The van der Waals surface area contributed by atoms with Crippen molar-refractivity contribution in [2.45, 2.75) is 25.7 Å². The Morgan fingerprint density at radius 1 is 1.09 bits per heavy atom. The van der Waals surface area contributed by atoms with Crippen LogP contribution in [0.5, 0.6) is 0 Å². The van der Waals surface area contributed by atoms with E-state index in [-0.39, 0.29) is 6.04 Å². The van der Waals surface area contributed by atoms with Crippen molar-refractivity contribution in [1.82, 2.24) is 30.0 Å². The van der Waals surface area contributed by atoms with Crippen LogP contribution in [0.15, 0.2) is 49.1 Å². The highest BCUT2D eigenvalue weighted by Gasteiger charge is 2.32. The Labute approximate surface area is 182 Å². The van der Waals surface area contributed by atoms with E-state index in [9.17, 15) is 13.2 Å². The summed E-state index contributed by atoms with van der Waals surface area (Å²) in [5, 5.41) is 8.43. The van der Waals surface area contributed by atoms with E-state index in [4.69, 9.17) is 0 Å². The summed E-state index contributed by atoms with van der Waals surface area (Å²) in [5.41, 5.74) is 3.20. The zero-order valence-corrected chi connectivity index (χ0v) is 17.4. The molecule has 0 aliphatic carbocycles. The van der Waals surface area contributed by atoms with E-state index < -0.39 is 11.7 Å². The molecule has 1 saturated heterocycles. The molecule has 1 unspecified atom stereocenters. The molecule has 0 radical (unpaired) electrons. The zero-order valence-electron chi connectivity index (χ0n) is 17.4. The fraction of sp³-hybridized carbons (Fsp3) is 0.318. The zero-order chi connectivity index (χ0) is 22.3. The minimum Gasteiger partial charge on any atom is -0.351 e. The summed E-state index contributed by atoms with van der Waals surface area (Å²) in [7, 11) is 0. The van der Waals surface area contributed by atoms with Gasteiger partial charge in [0.2, 0.25) is 0 Å². The molecule has 0 saturated carbocycles. The number of hydrogen-bond donors (Lipinski definition) is 2. The third-order valence-corrected chi connectivity index (χ3v) is 5.92. The van der Waals surface area contributed by atoms with E-state index >= 15 is 0 Å². The molecule has 0 amide bonds. The molecule has 0 spiro atoms. The first-order chi connectivity index (χ1) is 15.4. The van der Waals surface area contributed by atoms with Crippen LogP contribution in [0.2, 0.25) is 0 Å². The Morgan fingerprint density at radius 3 is 2.72 bits per heavy atom. The molecule has 0 bridgehead atoms. The molecule has 32 heavy (non-hydrogen) atoms. The lowest BCUT2D eigenvalue weighted by Crippen LogP contribution is -2.51. The van der Waals surface area contributed by atoms with Gasteiger partial charge in [0.1, 0.15) is 11.5 Å². The molecule has 1 aliphatic rings. The van der Waals surface area contributed by atoms with Crippen LogP contribution in [0, 0.1) is 0 Å². The summed E-state index contributed by atoms with van der Waals surface area (Å²) in [5.74, 6) is 0.570. The predicted octanol–water partition coefficient (Wildman–Crippen LogP) is 4.08. The van der Waals surface area contributed by atoms with Gasteiger partial charge in [-0.25, -0.2) is 9.97 Å². The van der Waals surface area contributed by atoms with Crippen molar-refractivity contribution in [3.05, 3.63) is 60.2 Å². The lowest BCUT2D eigenvalue weighted by atomic mass is 10.1. The van der Waals surface area contributed by atoms with Crippen LogP contribution in [0.4, 0.5) is 19.0 Å². The van der Waals surface area contributed by atoms with Gasteiger partial charge in [0, 0.05) is 67.3 Å². The fourth-order valence-electron chi connectivity index (χ4n) is 4.32. The summed E-state index contributed by atoms with van der Waals surface area (Å²) in [4.78, 5) is 15.9. The average Bonchev–Trinajstić information content (AvgIpc) is 3.42. The molecule has 1 fully saturated rings. The van der Waals surface area contributed by atoms with Gasteiger partial charge >= 0.3 is 6.18 Å². The molecule has 5 rings (SSSR count). The number of pyridine rings is 2. The standard InChI is InChI=1S/C22H22F3N7/c1-14-12-31(8-9-32(14)19-3-2-16(11-28-19)22(23,24)25)13-15-10-29-30-20(15)17-4-6-26-21-18(17)5-7-27-21/h2-7,10-11,14H,8-9,12-13H2,1H3,(H,26,27)(H,29,30). The molecule has 2 N–H and O–H groups in total. The fourth-order valence-corrected chi connectivity index (χ4v) is 4.32. The third-order valence-electron chi connectivity index (χ3n) is 5.92. The number of anilines is 1. The SMILES string of the molecule is CC1CN(Cc2cn[nH]c2-c2ccnc3[nH]ccc23)CCN1c1ccc(C(F)(F)F)cn1. The lowest BCUT2D eigenvalue weighted by Gasteiger charge is -2.40. The minimum atomic E-state index is -4.38. The maximum atomic E-state index is 12.8. The number of halogens is 3. The number of fused-ring (bicyclic) bond motifs is 1. The number of nitrogens with one attached hydrogen (secondary N) is 2. The smallest absolute Gasteiger partial charge is 0.351 e. The van der Waals surface area contributed by atoms with E-state index in [1.807, 2.05) is 24.5 Å². The van der Waals surface area contributed by atoms with E-state index in [1.165, 1.54) is 6.07 Å². The Kier molecular flexibility index (Phi) is 5.09. The van der Waals surface area contributed by atoms with Crippen LogP contribution in [-0.2, 0) is 12.7 Å². The van der Waals surface area contributed by atoms with Gasteiger partial charge in [-0.05, 0) is 31.2 Å². The highest BCUT2D eigenvalue weighted by molar-refractivity contribution is 5.92. The normalized spacial score (nSPS) is 17.9. The van der Waals surface area contributed by atoms with Crippen molar-refractivity contribution in [2.75, 3.05) is 24.5 Å². The van der Waals surface area contributed by atoms with Crippen molar-refractivity contribution in [3.8, 4) is 11.3 Å². The van der Waals surface area contributed by atoms with Gasteiger partial charge in [-0.2, -0.15) is 18.3 Å². The summed E-state index contributed by atoms with van der Waals surface area (Å²) >= 11 is 0. The Hall–Kier alpha value is -3.40. The molecule has 0 aromatic carbocycles. The molecule has 7 nitrogen and oxygen atoms in total. The predicted molar refractivity (Wildman–Crippen MR) is 115 cm³/mol. The van der Waals surface area contributed by atoms with Gasteiger partial charge < -0.3 is 9.88 Å². The molecule has 4 aromatic rings. The minimum absolute atomic E-state index is 0.112. The molecular weight excluding hydrogens is 419 g/mol. The lowest BCUT2D eigenvalue weighted by molar-refractivity contribution is -0.137. The van der Waals surface area contributed by atoms with E-state index in [0.29, 0.717) is 12.4 Å². The summed E-state index contributed by atoms with van der Waals surface area (Å²) in [6.45, 7) is 5.01. The van der Waals surface area contributed by atoms with Crippen molar-refractivity contribution in [1.29, 1.82) is 0 Å². The van der Waals surface area contributed by atoms with Crippen LogP contribution < -0.4 is 4.90 Å².